The van der Waals surface area contributed by atoms with Crippen LogP contribution in [0.4, 0.5) is 0 Å². The molecule has 5 rings (SSSR count). The fourth-order valence-corrected chi connectivity index (χ4v) is 6.40. The number of rotatable bonds is 6. The van der Waals surface area contributed by atoms with E-state index < -0.39 is 11.8 Å². The maximum atomic E-state index is 12.6. The highest BCUT2D eigenvalue weighted by Gasteiger charge is 2.32. The summed E-state index contributed by atoms with van der Waals surface area (Å²) in [5.41, 5.74) is 7.56. The molecule has 2 atom stereocenters. The molecule has 5 aromatic rings. The predicted molar refractivity (Wildman–Crippen MR) is 195 cm³/mol. The molecule has 3 heteroatoms. The third kappa shape index (κ3) is 7.10. The van der Waals surface area contributed by atoms with E-state index >= 15 is 0 Å². The van der Waals surface area contributed by atoms with Crippen molar-refractivity contribution in [2.24, 2.45) is 0 Å². The molecule has 5 aromatic carbocycles. The lowest BCUT2D eigenvalue weighted by molar-refractivity contribution is 0.448. The summed E-state index contributed by atoms with van der Waals surface area (Å²) in [7, 11) is 0. The summed E-state index contributed by atoms with van der Waals surface area (Å²) in [5, 5.41) is 35.6. The van der Waals surface area contributed by atoms with Crippen molar-refractivity contribution in [2.45, 2.75) is 90.4 Å². The monoisotopic (exact) mass is 626 g/mol. The summed E-state index contributed by atoms with van der Waals surface area (Å²) in [5.74, 6) is -0.383. The third-order valence-corrected chi connectivity index (χ3v) is 9.33. The predicted octanol–water partition coefficient (Wildman–Crippen LogP) is 11.1. The Kier molecular flexibility index (Phi) is 9.08. The molecule has 0 spiro atoms. The van der Waals surface area contributed by atoms with Gasteiger partial charge in [0.15, 0.2) is 0 Å². The van der Waals surface area contributed by atoms with Gasteiger partial charge in [0.05, 0.1) is 0 Å². The first kappa shape index (κ1) is 33.9. The van der Waals surface area contributed by atoms with Gasteiger partial charge in [-0.05, 0) is 56.2 Å². The van der Waals surface area contributed by atoms with Crippen molar-refractivity contribution in [3.63, 3.8) is 0 Å². The highest BCUT2D eigenvalue weighted by atomic mass is 16.3. The molecule has 244 valence electrons. The molecule has 0 fully saturated rings. The Labute approximate surface area is 281 Å². The molecule has 0 aliphatic rings. The van der Waals surface area contributed by atoms with Crippen LogP contribution in [0.1, 0.15) is 124 Å². The van der Waals surface area contributed by atoms with E-state index in [1.54, 1.807) is 12.1 Å². The molecular formula is C44H50O3. The van der Waals surface area contributed by atoms with E-state index in [2.05, 4.69) is 111 Å². The van der Waals surface area contributed by atoms with E-state index in [1.165, 1.54) is 0 Å². The molecule has 0 saturated carbocycles. The molecule has 0 bridgehead atoms. The van der Waals surface area contributed by atoms with Crippen LogP contribution in [-0.2, 0) is 16.2 Å². The van der Waals surface area contributed by atoms with Gasteiger partial charge in [0, 0.05) is 34.1 Å². The summed E-state index contributed by atoms with van der Waals surface area (Å²) in [6.45, 7) is 19.5. The summed E-state index contributed by atoms with van der Waals surface area (Å²) in [4.78, 5) is 0. The normalized spacial score (nSPS) is 13.7. The van der Waals surface area contributed by atoms with E-state index in [-0.39, 0.29) is 33.5 Å². The second-order valence-corrected chi connectivity index (χ2v) is 16.0. The highest BCUT2D eigenvalue weighted by molar-refractivity contribution is 5.62. The summed E-state index contributed by atoms with van der Waals surface area (Å²) in [6.07, 6.45) is 0. The Morgan fingerprint density at radius 1 is 0.383 bits per heavy atom. The lowest BCUT2D eigenvalue weighted by Gasteiger charge is -2.31. The standard InChI is InChI=1S/C44H50O3/c1-42(2,3)30-20-22-37(45)33(24-30)39(28-16-12-10-13-17-28)35-26-32(44(7,8)9)27-36(41(35)47)40(29-18-14-11-15-19-29)34-25-31(43(4,5)6)21-23-38(34)46/h10-27,39-40,45-47H,1-9H3. The maximum absolute atomic E-state index is 12.6. The molecule has 2 unspecified atom stereocenters. The second-order valence-electron chi connectivity index (χ2n) is 16.0. The Morgan fingerprint density at radius 3 is 1.02 bits per heavy atom. The van der Waals surface area contributed by atoms with Crippen LogP contribution in [0.2, 0.25) is 0 Å². The van der Waals surface area contributed by atoms with Crippen molar-refractivity contribution < 1.29 is 15.3 Å². The van der Waals surface area contributed by atoms with Crippen molar-refractivity contribution >= 4 is 0 Å². The first-order valence-electron chi connectivity index (χ1n) is 16.6. The molecule has 0 aliphatic heterocycles. The first-order chi connectivity index (χ1) is 22.0. The quantitative estimate of drug-likeness (QED) is 0.164. The molecule has 0 heterocycles. The van der Waals surface area contributed by atoms with E-state index in [9.17, 15) is 15.3 Å². The molecule has 0 aliphatic carbocycles. The zero-order valence-corrected chi connectivity index (χ0v) is 29.4. The lowest BCUT2D eigenvalue weighted by Crippen LogP contribution is -2.17. The van der Waals surface area contributed by atoms with Gasteiger partial charge in [0.25, 0.3) is 0 Å². The topological polar surface area (TPSA) is 60.7 Å². The minimum absolute atomic E-state index is 0.141. The molecule has 3 N–H and O–H groups in total. The van der Waals surface area contributed by atoms with Crippen LogP contribution in [0.3, 0.4) is 0 Å². The average Bonchev–Trinajstić information content (AvgIpc) is 3.00. The number of phenols is 3. The van der Waals surface area contributed by atoms with Crippen LogP contribution < -0.4 is 0 Å². The van der Waals surface area contributed by atoms with Crippen molar-refractivity contribution in [1.29, 1.82) is 0 Å². The summed E-state index contributed by atoms with van der Waals surface area (Å²) >= 11 is 0. The Morgan fingerprint density at radius 2 is 0.702 bits per heavy atom. The van der Waals surface area contributed by atoms with Gasteiger partial charge in [-0.1, -0.05) is 159 Å². The minimum atomic E-state index is -0.453. The second kappa shape index (κ2) is 12.6. The summed E-state index contributed by atoms with van der Waals surface area (Å²) in [6, 6.07) is 36.1. The Balaban J connectivity index is 1.89. The number of benzene rings is 5. The fraction of sp³-hybridized carbons (Fsp3) is 0.318. The molecule has 3 nitrogen and oxygen atoms in total. The molecule has 0 aromatic heterocycles. The van der Waals surface area contributed by atoms with Gasteiger partial charge in [-0.25, -0.2) is 0 Å². The molecule has 0 saturated heterocycles. The van der Waals surface area contributed by atoms with Crippen molar-refractivity contribution in [1.82, 2.24) is 0 Å². The SMILES string of the molecule is CC(C)(C)c1ccc(O)c(C(c2ccccc2)c2cc(C(C)(C)C)cc(C(c3ccccc3)c3cc(C(C)(C)C)ccc3O)c2O)c1. The number of aromatic hydroxyl groups is 3. The van der Waals surface area contributed by atoms with E-state index in [1.807, 2.05) is 48.5 Å². The van der Waals surface area contributed by atoms with Crippen LogP contribution in [-0.4, -0.2) is 15.3 Å². The average molecular weight is 627 g/mol. The smallest absolute Gasteiger partial charge is 0.123 e. The summed E-state index contributed by atoms with van der Waals surface area (Å²) < 4.78 is 0. The van der Waals surface area contributed by atoms with Crippen molar-refractivity contribution in [3.8, 4) is 17.2 Å². The van der Waals surface area contributed by atoms with Gasteiger partial charge < -0.3 is 15.3 Å². The number of hydrogen-bond acceptors (Lipinski definition) is 3. The largest absolute Gasteiger partial charge is 0.508 e. The van der Waals surface area contributed by atoms with Crippen LogP contribution in [0, 0.1) is 0 Å². The first-order valence-corrected chi connectivity index (χ1v) is 16.6. The third-order valence-electron chi connectivity index (χ3n) is 9.33. The van der Waals surface area contributed by atoms with E-state index in [0.29, 0.717) is 11.1 Å². The highest BCUT2D eigenvalue weighted by Crippen LogP contribution is 2.49. The van der Waals surface area contributed by atoms with Crippen LogP contribution in [0.25, 0.3) is 0 Å². The molecule has 0 radical (unpaired) electrons. The Hall–Kier alpha value is -4.50. The zero-order valence-electron chi connectivity index (χ0n) is 29.4. The zero-order chi connectivity index (χ0) is 34.3. The number of hydrogen-bond donors (Lipinski definition) is 3. The van der Waals surface area contributed by atoms with E-state index in [4.69, 9.17) is 0 Å². The van der Waals surface area contributed by atoms with Crippen molar-refractivity contribution in [2.75, 3.05) is 0 Å². The van der Waals surface area contributed by atoms with Gasteiger partial charge in [0.1, 0.15) is 17.2 Å². The molecule has 47 heavy (non-hydrogen) atoms. The molecule has 0 amide bonds. The van der Waals surface area contributed by atoms with Gasteiger partial charge in [-0.15, -0.1) is 0 Å². The maximum Gasteiger partial charge on any atom is 0.123 e. The van der Waals surface area contributed by atoms with Crippen LogP contribution >= 0.6 is 0 Å². The fourth-order valence-electron chi connectivity index (χ4n) is 6.40. The number of phenolic OH excluding ortho intramolecular Hbond substituents is 3. The molecular weight excluding hydrogens is 576 g/mol. The van der Waals surface area contributed by atoms with Gasteiger partial charge in [-0.2, -0.15) is 0 Å². The van der Waals surface area contributed by atoms with Gasteiger partial charge in [-0.3, -0.25) is 0 Å². The van der Waals surface area contributed by atoms with Gasteiger partial charge in [0.2, 0.25) is 0 Å². The van der Waals surface area contributed by atoms with Crippen molar-refractivity contribution in [3.05, 3.63) is 159 Å². The van der Waals surface area contributed by atoms with E-state index in [0.717, 1.165) is 38.9 Å². The van der Waals surface area contributed by atoms with Crippen LogP contribution in [0.5, 0.6) is 17.2 Å². The van der Waals surface area contributed by atoms with Gasteiger partial charge >= 0.3 is 0 Å². The Bertz CT molecular complexity index is 1720. The lowest BCUT2D eigenvalue weighted by atomic mass is 9.74. The van der Waals surface area contributed by atoms with Crippen LogP contribution in [0.15, 0.2) is 109 Å². The minimum Gasteiger partial charge on any atom is -0.508 e.